The van der Waals surface area contributed by atoms with Crippen molar-refractivity contribution in [2.24, 2.45) is 5.73 Å². The number of aliphatic hydroxyl groups is 1. The van der Waals surface area contributed by atoms with Gasteiger partial charge in [0.2, 0.25) is 0 Å². The molecule has 0 radical (unpaired) electrons. The zero-order valence-corrected chi connectivity index (χ0v) is 6.94. The third kappa shape index (κ3) is 2.15. The Bertz CT molecular complexity index is 93.6. The van der Waals surface area contributed by atoms with Crippen LogP contribution in [-0.2, 0) is 0 Å². The van der Waals surface area contributed by atoms with Crippen LogP contribution >= 0.6 is 11.8 Å². The molecule has 10 heavy (non-hydrogen) atoms. The van der Waals surface area contributed by atoms with E-state index in [4.69, 9.17) is 5.73 Å². The number of aliphatic hydroxyl groups excluding tert-OH is 1. The smallest absolute Gasteiger partial charge is 0.0670 e. The average Bonchev–Trinajstić information content (AvgIpc) is 2.38. The van der Waals surface area contributed by atoms with E-state index in [0.29, 0.717) is 11.8 Å². The van der Waals surface area contributed by atoms with Crippen molar-refractivity contribution in [2.75, 3.05) is 12.3 Å². The zero-order chi connectivity index (χ0) is 7.40. The summed E-state index contributed by atoms with van der Waals surface area (Å²) in [5.74, 6) is 1.21. The molecule has 0 amide bonds. The second-order valence-corrected chi connectivity index (χ2v) is 4.04. The first kappa shape index (κ1) is 8.37. The highest BCUT2D eigenvalue weighted by Gasteiger charge is 2.22. The van der Waals surface area contributed by atoms with Crippen molar-refractivity contribution in [1.29, 1.82) is 0 Å². The molecular formula is C7H15NOS. The maximum Gasteiger partial charge on any atom is 0.0670 e. The largest absolute Gasteiger partial charge is 0.392 e. The highest BCUT2D eigenvalue weighted by molar-refractivity contribution is 8.00. The van der Waals surface area contributed by atoms with Gasteiger partial charge in [0, 0.05) is 5.25 Å². The molecule has 1 rings (SSSR count). The van der Waals surface area contributed by atoms with Gasteiger partial charge >= 0.3 is 0 Å². The van der Waals surface area contributed by atoms with Crippen LogP contribution in [0.15, 0.2) is 0 Å². The van der Waals surface area contributed by atoms with E-state index in [2.05, 4.69) is 0 Å². The van der Waals surface area contributed by atoms with Gasteiger partial charge in [0.05, 0.1) is 6.10 Å². The Kier molecular flexibility index (Phi) is 3.52. The minimum absolute atomic E-state index is 0.155. The topological polar surface area (TPSA) is 46.2 Å². The molecule has 1 saturated heterocycles. The lowest BCUT2D eigenvalue weighted by Crippen LogP contribution is -2.23. The molecule has 60 valence electrons. The molecule has 0 aromatic carbocycles. The highest BCUT2D eigenvalue weighted by atomic mass is 32.2. The summed E-state index contributed by atoms with van der Waals surface area (Å²) in [7, 11) is 0. The molecule has 3 N–H and O–H groups in total. The van der Waals surface area contributed by atoms with E-state index in [1.54, 1.807) is 0 Å². The Morgan fingerprint density at radius 3 is 3.00 bits per heavy atom. The second-order valence-electron chi connectivity index (χ2n) is 2.70. The Hall–Kier alpha value is 0.270. The number of rotatable bonds is 3. The summed E-state index contributed by atoms with van der Waals surface area (Å²) in [6.07, 6.45) is 3.04. The first-order valence-corrected chi connectivity index (χ1v) is 4.89. The van der Waals surface area contributed by atoms with E-state index in [-0.39, 0.29) is 6.10 Å². The van der Waals surface area contributed by atoms with Crippen molar-refractivity contribution in [3.05, 3.63) is 0 Å². The van der Waals surface area contributed by atoms with Crippen LogP contribution in [0, 0.1) is 0 Å². The van der Waals surface area contributed by atoms with Crippen LogP contribution in [0.2, 0.25) is 0 Å². The maximum absolute atomic E-state index is 9.45. The Labute approximate surface area is 66.2 Å². The molecule has 0 aromatic rings. The zero-order valence-electron chi connectivity index (χ0n) is 6.12. The Balaban J connectivity index is 2.18. The molecule has 1 aliphatic rings. The Morgan fingerprint density at radius 1 is 1.70 bits per heavy atom. The van der Waals surface area contributed by atoms with Crippen molar-refractivity contribution in [3.8, 4) is 0 Å². The predicted molar refractivity (Wildman–Crippen MR) is 45.2 cm³/mol. The van der Waals surface area contributed by atoms with Crippen LogP contribution in [0.4, 0.5) is 0 Å². The van der Waals surface area contributed by atoms with Gasteiger partial charge in [-0.25, -0.2) is 0 Å². The normalized spacial score (nSPS) is 28.8. The molecule has 0 spiro atoms. The van der Waals surface area contributed by atoms with Gasteiger partial charge in [-0.05, 0) is 31.6 Å². The quantitative estimate of drug-likeness (QED) is 0.637. The molecule has 3 heteroatoms. The van der Waals surface area contributed by atoms with Gasteiger partial charge in [-0.2, -0.15) is 11.8 Å². The van der Waals surface area contributed by atoms with Gasteiger partial charge < -0.3 is 10.8 Å². The van der Waals surface area contributed by atoms with Crippen molar-refractivity contribution in [3.63, 3.8) is 0 Å². The molecule has 1 heterocycles. The predicted octanol–water partition coefficient (Wildman–Crippen LogP) is 0.592. The lowest BCUT2D eigenvalue weighted by atomic mass is 10.1. The third-order valence-corrected chi connectivity index (χ3v) is 3.36. The van der Waals surface area contributed by atoms with E-state index in [9.17, 15) is 5.11 Å². The summed E-state index contributed by atoms with van der Waals surface area (Å²) < 4.78 is 0. The minimum atomic E-state index is -0.155. The fourth-order valence-electron chi connectivity index (χ4n) is 1.26. The van der Waals surface area contributed by atoms with Gasteiger partial charge in [0.1, 0.15) is 0 Å². The molecule has 0 bridgehead atoms. The molecule has 1 fully saturated rings. The average molecular weight is 161 g/mol. The standard InChI is InChI=1S/C7H15NOS/c8-4-3-6(9)7-2-1-5-10-7/h6-7,9H,1-5,8H2/t6-,7?/m1/s1. The molecule has 1 aliphatic heterocycles. The van der Waals surface area contributed by atoms with Crippen molar-refractivity contribution in [1.82, 2.24) is 0 Å². The molecule has 0 saturated carbocycles. The molecule has 0 aromatic heterocycles. The molecule has 1 unspecified atom stereocenters. The van der Waals surface area contributed by atoms with Gasteiger partial charge in [-0.3, -0.25) is 0 Å². The molecule has 0 aliphatic carbocycles. The summed E-state index contributed by atoms with van der Waals surface area (Å²) in [6, 6.07) is 0. The third-order valence-electron chi connectivity index (χ3n) is 1.86. The van der Waals surface area contributed by atoms with Gasteiger partial charge in [0.25, 0.3) is 0 Å². The molecule has 2 atom stereocenters. The lowest BCUT2D eigenvalue weighted by molar-refractivity contribution is 0.162. The van der Waals surface area contributed by atoms with Gasteiger partial charge in [0.15, 0.2) is 0 Å². The fraction of sp³-hybridized carbons (Fsp3) is 1.00. The number of nitrogens with two attached hydrogens (primary N) is 1. The SMILES string of the molecule is NCC[C@@H](O)C1CCCS1. The summed E-state index contributed by atoms with van der Waals surface area (Å²) in [5.41, 5.74) is 5.33. The van der Waals surface area contributed by atoms with Crippen molar-refractivity contribution in [2.45, 2.75) is 30.6 Å². The number of thioether (sulfide) groups is 1. The van der Waals surface area contributed by atoms with Crippen molar-refractivity contribution < 1.29 is 5.11 Å². The fourth-order valence-corrected chi connectivity index (χ4v) is 2.59. The molecule has 2 nitrogen and oxygen atoms in total. The lowest BCUT2D eigenvalue weighted by Gasteiger charge is -2.15. The highest BCUT2D eigenvalue weighted by Crippen LogP contribution is 2.29. The first-order chi connectivity index (χ1) is 4.84. The summed E-state index contributed by atoms with van der Waals surface area (Å²) in [4.78, 5) is 0. The summed E-state index contributed by atoms with van der Waals surface area (Å²) in [5, 5.41) is 9.92. The van der Waals surface area contributed by atoms with E-state index >= 15 is 0 Å². The van der Waals surface area contributed by atoms with E-state index in [1.807, 2.05) is 11.8 Å². The van der Waals surface area contributed by atoms with Crippen LogP contribution in [0.25, 0.3) is 0 Å². The first-order valence-electron chi connectivity index (χ1n) is 3.84. The Morgan fingerprint density at radius 2 is 2.50 bits per heavy atom. The maximum atomic E-state index is 9.45. The van der Waals surface area contributed by atoms with E-state index < -0.39 is 0 Å². The summed E-state index contributed by atoms with van der Waals surface area (Å²) >= 11 is 1.88. The number of hydrogen-bond donors (Lipinski definition) is 2. The molecular weight excluding hydrogens is 146 g/mol. The monoisotopic (exact) mass is 161 g/mol. The van der Waals surface area contributed by atoms with E-state index in [0.717, 1.165) is 6.42 Å². The minimum Gasteiger partial charge on any atom is -0.392 e. The van der Waals surface area contributed by atoms with Crippen LogP contribution < -0.4 is 5.73 Å². The van der Waals surface area contributed by atoms with Crippen LogP contribution in [0.1, 0.15) is 19.3 Å². The van der Waals surface area contributed by atoms with E-state index in [1.165, 1.54) is 18.6 Å². The van der Waals surface area contributed by atoms with Crippen LogP contribution in [0.5, 0.6) is 0 Å². The van der Waals surface area contributed by atoms with Gasteiger partial charge in [-0.1, -0.05) is 0 Å². The summed E-state index contributed by atoms with van der Waals surface area (Å²) in [6.45, 7) is 0.609. The van der Waals surface area contributed by atoms with Crippen LogP contribution in [-0.4, -0.2) is 28.8 Å². The number of hydrogen-bond acceptors (Lipinski definition) is 3. The second kappa shape index (κ2) is 4.21. The van der Waals surface area contributed by atoms with Crippen molar-refractivity contribution >= 4 is 11.8 Å². The van der Waals surface area contributed by atoms with Crippen LogP contribution in [0.3, 0.4) is 0 Å². The van der Waals surface area contributed by atoms with Gasteiger partial charge in [-0.15, -0.1) is 0 Å².